The zero-order chi connectivity index (χ0) is 10.7. The number of ether oxygens (including phenoxy) is 1. The maximum absolute atomic E-state index is 5.18. The van der Waals surface area contributed by atoms with Gasteiger partial charge in [-0.3, -0.25) is 0 Å². The average molecular weight is 319 g/mol. The van der Waals surface area contributed by atoms with Gasteiger partial charge in [-0.05, 0) is 29.0 Å². The van der Waals surface area contributed by atoms with Gasteiger partial charge in [0.2, 0.25) is 0 Å². The highest BCUT2D eigenvalue weighted by molar-refractivity contribution is 14.1. The van der Waals surface area contributed by atoms with Crippen LogP contribution in [0.25, 0.3) is 0 Å². The van der Waals surface area contributed by atoms with E-state index in [1.807, 2.05) is 6.20 Å². The predicted molar refractivity (Wildman–Crippen MR) is 66.9 cm³/mol. The van der Waals surface area contributed by atoms with Crippen molar-refractivity contribution >= 4 is 28.4 Å². The molecule has 0 aliphatic carbocycles. The van der Waals surface area contributed by atoms with Crippen molar-refractivity contribution in [2.24, 2.45) is 5.92 Å². The number of anilines is 1. The van der Waals surface area contributed by atoms with Crippen LogP contribution in [0.5, 0.6) is 0 Å². The molecule has 0 aromatic carbocycles. The molecule has 1 saturated heterocycles. The fraction of sp³-hybridized carbons (Fsp3) is 0.600. The van der Waals surface area contributed by atoms with Crippen LogP contribution in [0.1, 0.15) is 6.42 Å². The number of hydrogen-bond acceptors (Lipinski definition) is 4. The van der Waals surface area contributed by atoms with Crippen LogP contribution in [0.15, 0.2) is 12.5 Å². The molecule has 0 saturated carbocycles. The second-order valence-corrected chi connectivity index (χ2v) is 4.91. The third-order valence-corrected chi connectivity index (χ3v) is 3.40. The highest BCUT2D eigenvalue weighted by atomic mass is 127. The second kappa shape index (κ2) is 5.07. The van der Waals surface area contributed by atoms with Crippen molar-refractivity contribution in [3.8, 4) is 0 Å². The number of nitrogens with zero attached hydrogens (tertiary/aromatic N) is 3. The fourth-order valence-corrected chi connectivity index (χ4v) is 2.58. The molecule has 0 N–H and O–H groups in total. The van der Waals surface area contributed by atoms with Gasteiger partial charge < -0.3 is 9.64 Å². The van der Waals surface area contributed by atoms with Crippen LogP contribution in [0.4, 0.5) is 5.82 Å². The molecule has 2 heterocycles. The molecule has 15 heavy (non-hydrogen) atoms. The van der Waals surface area contributed by atoms with Gasteiger partial charge in [0.05, 0.1) is 10.2 Å². The Labute approximate surface area is 103 Å². The van der Waals surface area contributed by atoms with E-state index < -0.39 is 0 Å². The van der Waals surface area contributed by atoms with Crippen LogP contribution >= 0.6 is 22.6 Å². The van der Waals surface area contributed by atoms with Gasteiger partial charge in [-0.15, -0.1) is 0 Å². The molecule has 1 fully saturated rings. The van der Waals surface area contributed by atoms with Gasteiger partial charge in [0.1, 0.15) is 12.1 Å². The molecule has 0 bridgehead atoms. The second-order valence-electron chi connectivity index (χ2n) is 3.75. The first-order valence-electron chi connectivity index (χ1n) is 5.00. The minimum Gasteiger partial charge on any atom is -0.384 e. The average Bonchev–Trinajstić information content (AvgIpc) is 2.68. The summed E-state index contributed by atoms with van der Waals surface area (Å²) in [5.74, 6) is 1.70. The number of aromatic nitrogens is 2. The Balaban J connectivity index is 2.04. The molecule has 1 aromatic heterocycles. The molecule has 1 aliphatic heterocycles. The first kappa shape index (κ1) is 11.1. The van der Waals surface area contributed by atoms with Crippen molar-refractivity contribution in [3.05, 3.63) is 16.1 Å². The summed E-state index contributed by atoms with van der Waals surface area (Å²) in [4.78, 5) is 10.6. The van der Waals surface area contributed by atoms with Crippen molar-refractivity contribution < 1.29 is 4.74 Å². The van der Waals surface area contributed by atoms with E-state index >= 15 is 0 Å². The largest absolute Gasteiger partial charge is 0.384 e. The summed E-state index contributed by atoms with van der Waals surface area (Å²) in [6.45, 7) is 2.96. The van der Waals surface area contributed by atoms with E-state index in [0.29, 0.717) is 5.92 Å². The molecule has 1 aliphatic rings. The Morgan fingerprint density at radius 3 is 3.27 bits per heavy atom. The minimum absolute atomic E-state index is 0.640. The molecule has 0 amide bonds. The lowest BCUT2D eigenvalue weighted by Crippen LogP contribution is -2.23. The Morgan fingerprint density at radius 1 is 1.67 bits per heavy atom. The molecule has 82 valence electrons. The van der Waals surface area contributed by atoms with Crippen molar-refractivity contribution in [2.45, 2.75) is 6.42 Å². The third-order valence-electron chi connectivity index (χ3n) is 2.64. The van der Waals surface area contributed by atoms with Crippen LogP contribution in [-0.4, -0.2) is 36.8 Å². The first-order valence-corrected chi connectivity index (χ1v) is 6.08. The van der Waals surface area contributed by atoms with E-state index in [1.165, 1.54) is 6.42 Å². The quantitative estimate of drug-likeness (QED) is 0.793. The topological polar surface area (TPSA) is 38.2 Å². The molecule has 4 nitrogen and oxygen atoms in total. The van der Waals surface area contributed by atoms with Crippen molar-refractivity contribution in [1.82, 2.24) is 9.97 Å². The van der Waals surface area contributed by atoms with Gasteiger partial charge in [0.15, 0.2) is 0 Å². The summed E-state index contributed by atoms with van der Waals surface area (Å²) in [6, 6.07) is 0. The highest BCUT2D eigenvalue weighted by Crippen LogP contribution is 2.25. The van der Waals surface area contributed by atoms with E-state index in [2.05, 4.69) is 37.5 Å². The number of methoxy groups -OCH3 is 1. The van der Waals surface area contributed by atoms with Crippen LogP contribution in [0.2, 0.25) is 0 Å². The molecule has 1 unspecified atom stereocenters. The number of hydrogen-bond donors (Lipinski definition) is 0. The SMILES string of the molecule is COCC1CCN(c2ncncc2I)C1. The van der Waals surface area contributed by atoms with Crippen LogP contribution < -0.4 is 4.90 Å². The number of rotatable bonds is 3. The van der Waals surface area contributed by atoms with E-state index in [4.69, 9.17) is 4.74 Å². The Hall–Kier alpha value is -0.430. The van der Waals surface area contributed by atoms with Crippen molar-refractivity contribution in [2.75, 3.05) is 31.7 Å². The van der Waals surface area contributed by atoms with Crippen molar-refractivity contribution in [3.63, 3.8) is 0 Å². The van der Waals surface area contributed by atoms with Gasteiger partial charge in [0, 0.05) is 32.3 Å². The Bertz CT molecular complexity index is 334. The van der Waals surface area contributed by atoms with Crippen LogP contribution in [0, 0.1) is 9.49 Å². The van der Waals surface area contributed by atoms with Crippen LogP contribution in [-0.2, 0) is 4.74 Å². The highest BCUT2D eigenvalue weighted by Gasteiger charge is 2.24. The molecular formula is C10H14IN3O. The van der Waals surface area contributed by atoms with Crippen LogP contribution in [0.3, 0.4) is 0 Å². The van der Waals surface area contributed by atoms with Gasteiger partial charge in [-0.25, -0.2) is 9.97 Å². The minimum atomic E-state index is 0.640. The summed E-state index contributed by atoms with van der Waals surface area (Å²) in [5.41, 5.74) is 0. The van der Waals surface area contributed by atoms with Gasteiger partial charge in [0.25, 0.3) is 0 Å². The molecule has 0 spiro atoms. The standard InChI is InChI=1S/C10H14IN3O/c1-15-6-8-2-3-14(5-8)10-9(11)4-12-7-13-10/h4,7-8H,2-3,5-6H2,1H3. The Kier molecular flexibility index (Phi) is 3.74. The van der Waals surface area contributed by atoms with E-state index in [9.17, 15) is 0 Å². The molecule has 5 heteroatoms. The zero-order valence-electron chi connectivity index (χ0n) is 8.69. The zero-order valence-corrected chi connectivity index (χ0v) is 10.8. The summed E-state index contributed by atoms with van der Waals surface area (Å²) < 4.78 is 6.30. The first-order chi connectivity index (χ1) is 7.31. The monoisotopic (exact) mass is 319 g/mol. The number of halogens is 1. The fourth-order valence-electron chi connectivity index (χ4n) is 1.94. The summed E-state index contributed by atoms with van der Waals surface area (Å²) in [7, 11) is 1.76. The maximum Gasteiger partial charge on any atom is 0.145 e. The normalized spacial score (nSPS) is 20.9. The Morgan fingerprint density at radius 2 is 2.53 bits per heavy atom. The van der Waals surface area contributed by atoms with E-state index in [-0.39, 0.29) is 0 Å². The molecular weight excluding hydrogens is 305 g/mol. The third kappa shape index (κ3) is 2.57. The molecule has 1 atom stereocenters. The van der Waals surface area contributed by atoms with Gasteiger partial charge >= 0.3 is 0 Å². The summed E-state index contributed by atoms with van der Waals surface area (Å²) in [6.07, 6.45) is 4.65. The molecule has 2 rings (SSSR count). The lowest BCUT2D eigenvalue weighted by Gasteiger charge is -2.18. The maximum atomic E-state index is 5.18. The predicted octanol–water partition coefficient (Wildman–Crippen LogP) is 1.55. The molecule has 0 radical (unpaired) electrons. The molecule has 1 aromatic rings. The summed E-state index contributed by atoms with van der Waals surface area (Å²) in [5, 5.41) is 0. The smallest absolute Gasteiger partial charge is 0.145 e. The lowest BCUT2D eigenvalue weighted by molar-refractivity contribution is 0.161. The van der Waals surface area contributed by atoms with E-state index in [0.717, 1.165) is 29.1 Å². The lowest BCUT2D eigenvalue weighted by atomic mass is 10.1. The van der Waals surface area contributed by atoms with Gasteiger partial charge in [-0.2, -0.15) is 0 Å². The van der Waals surface area contributed by atoms with Gasteiger partial charge in [-0.1, -0.05) is 0 Å². The van der Waals surface area contributed by atoms with E-state index in [1.54, 1.807) is 13.4 Å². The summed E-state index contributed by atoms with van der Waals surface area (Å²) >= 11 is 2.28. The van der Waals surface area contributed by atoms with Crippen molar-refractivity contribution in [1.29, 1.82) is 0 Å².